The van der Waals surface area contributed by atoms with Crippen LogP contribution in [0.25, 0.3) is 0 Å². The van der Waals surface area contributed by atoms with E-state index in [2.05, 4.69) is 10.6 Å². The van der Waals surface area contributed by atoms with Gasteiger partial charge in [-0.2, -0.15) is 0 Å². The maximum atomic E-state index is 12.4. The van der Waals surface area contributed by atoms with Gasteiger partial charge in [-0.05, 0) is 38.5 Å². The summed E-state index contributed by atoms with van der Waals surface area (Å²) in [4.78, 5) is 24.2. The van der Waals surface area contributed by atoms with Crippen molar-refractivity contribution in [2.45, 2.75) is 32.9 Å². The van der Waals surface area contributed by atoms with Gasteiger partial charge in [0.25, 0.3) is 0 Å². The van der Waals surface area contributed by atoms with Crippen LogP contribution in [0.15, 0.2) is 29.5 Å². The quantitative estimate of drug-likeness (QED) is 0.737. The van der Waals surface area contributed by atoms with Gasteiger partial charge in [0.2, 0.25) is 0 Å². The van der Waals surface area contributed by atoms with Crippen LogP contribution >= 0.6 is 0 Å². The van der Waals surface area contributed by atoms with Crippen molar-refractivity contribution >= 4 is 12.0 Å². The first kappa shape index (κ1) is 16.7. The zero-order valence-electron chi connectivity index (χ0n) is 13.5. The summed E-state index contributed by atoms with van der Waals surface area (Å²) < 4.78 is 10.3. The number of ether oxygens (including phenoxy) is 2. The third-order valence-electron chi connectivity index (χ3n) is 3.37. The average molecular weight is 320 g/mol. The fourth-order valence-corrected chi connectivity index (χ4v) is 2.37. The molecule has 124 valence electrons. The van der Waals surface area contributed by atoms with Crippen LogP contribution in [-0.4, -0.2) is 30.3 Å². The number of carbonyl (C=O) groups excluding carboxylic acids is 2. The SMILES string of the molecule is COc1cc(C2NC(=O)NC(C)=C2C(=O)OC(C)C)ccc1O. The van der Waals surface area contributed by atoms with Crippen LogP contribution in [0.4, 0.5) is 4.79 Å². The van der Waals surface area contributed by atoms with Gasteiger partial charge in [0.1, 0.15) is 0 Å². The second kappa shape index (κ2) is 6.60. The molecule has 23 heavy (non-hydrogen) atoms. The first-order valence-electron chi connectivity index (χ1n) is 7.19. The normalized spacial score (nSPS) is 17.6. The van der Waals surface area contributed by atoms with Crippen LogP contribution in [0.3, 0.4) is 0 Å². The zero-order valence-corrected chi connectivity index (χ0v) is 13.5. The Hall–Kier alpha value is -2.70. The number of phenolic OH excluding ortho intramolecular Hbond substituents is 1. The predicted molar refractivity (Wildman–Crippen MR) is 83.0 cm³/mol. The number of carbonyl (C=O) groups is 2. The molecule has 0 spiro atoms. The number of rotatable bonds is 4. The summed E-state index contributed by atoms with van der Waals surface area (Å²) in [7, 11) is 1.43. The maximum absolute atomic E-state index is 12.4. The van der Waals surface area contributed by atoms with Crippen molar-refractivity contribution in [2.24, 2.45) is 0 Å². The highest BCUT2D eigenvalue weighted by Crippen LogP contribution is 2.33. The first-order chi connectivity index (χ1) is 10.8. The predicted octanol–water partition coefficient (Wildman–Crippen LogP) is 1.98. The maximum Gasteiger partial charge on any atom is 0.338 e. The number of methoxy groups -OCH3 is 1. The van der Waals surface area contributed by atoms with Crippen LogP contribution in [0, 0.1) is 0 Å². The van der Waals surface area contributed by atoms with Gasteiger partial charge < -0.3 is 25.2 Å². The molecule has 0 saturated carbocycles. The van der Waals surface area contributed by atoms with Crippen LogP contribution < -0.4 is 15.4 Å². The number of aromatic hydroxyl groups is 1. The number of urea groups is 1. The Morgan fingerprint density at radius 1 is 1.35 bits per heavy atom. The summed E-state index contributed by atoms with van der Waals surface area (Å²) >= 11 is 0. The molecule has 1 unspecified atom stereocenters. The van der Waals surface area contributed by atoms with E-state index >= 15 is 0 Å². The number of nitrogens with one attached hydrogen (secondary N) is 2. The molecule has 1 aromatic carbocycles. The minimum atomic E-state index is -0.690. The number of allylic oxidation sites excluding steroid dienone is 1. The van der Waals surface area contributed by atoms with Gasteiger partial charge in [-0.1, -0.05) is 6.07 Å². The molecule has 0 aliphatic carbocycles. The molecule has 2 rings (SSSR count). The Bertz CT molecular complexity index is 666. The summed E-state index contributed by atoms with van der Waals surface area (Å²) in [5.74, 6) is -0.282. The van der Waals surface area contributed by atoms with E-state index < -0.39 is 18.0 Å². The smallest absolute Gasteiger partial charge is 0.338 e. The number of benzene rings is 1. The third kappa shape index (κ3) is 3.56. The molecule has 0 aromatic heterocycles. The number of hydrogen-bond donors (Lipinski definition) is 3. The van der Waals surface area contributed by atoms with Crippen molar-refractivity contribution in [3.8, 4) is 11.5 Å². The second-order valence-corrected chi connectivity index (χ2v) is 5.46. The Kier molecular flexibility index (Phi) is 4.78. The highest BCUT2D eigenvalue weighted by atomic mass is 16.5. The first-order valence-corrected chi connectivity index (χ1v) is 7.19. The van der Waals surface area contributed by atoms with Crippen LogP contribution in [-0.2, 0) is 9.53 Å². The van der Waals surface area contributed by atoms with E-state index in [0.717, 1.165) is 0 Å². The molecule has 7 nitrogen and oxygen atoms in total. The highest BCUT2D eigenvalue weighted by molar-refractivity contribution is 5.95. The summed E-state index contributed by atoms with van der Waals surface area (Å²) in [6.45, 7) is 5.14. The van der Waals surface area contributed by atoms with Crippen LogP contribution in [0.2, 0.25) is 0 Å². The molecule has 7 heteroatoms. The molecular formula is C16H20N2O5. The lowest BCUT2D eigenvalue weighted by Crippen LogP contribution is -2.45. The fraction of sp³-hybridized carbons (Fsp3) is 0.375. The molecule has 0 bridgehead atoms. The molecule has 0 radical (unpaired) electrons. The molecule has 1 aromatic rings. The summed E-state index contributed by atoms with van der Waals surface area (Å²) in [5, 5.41) is 15.0. The Labute approximate surface area is 134 Å². The molecule has 1 atom stereocenters. The number of phenols is 1. The molecule has 1 aliphatic rings. The monoisotopic (exact) mass is 320 g/mol. The van der Waals surface area contributed by atoms with Gasteiger partial charge in [0, 0.05) is 5.70 Å². The van der Waals surface area contributed by atoms with Crippen molar-refractivity contribution in [3.63, 3.8) is 0 Å². The Balaban J connectivity index is 2.46. The molecule has 2 amide bonds. The second-order valence-electron chi connectivity index (χ2n) is 5.46. The van der Waals surface area contributed by atoms with E-state index in [1.165, 1.54) is 13.2 Å². The van der Waals surface area contributed by atoms with Crippen molar-refractivity contribution in [1.29, 1.82) is 0 Å². The van der Waals surface area contributed by atoms with E-state index in [-0.39, 0.29) is 17.6 Å². The van der Waals surface area contributed by atoms with Gasteiger partial charge in [-0.25, -0.2) is 9.59 Å². The Morgan fingerprint density at radius 2 is 2.04 bits per heavy atom. The molecule has 1 aliphatic heterocycles. The van der Waals surface area contributed by atoms with E-state index in [1.807, 2.05) is 0 Å². The number of hydrogen-bond acceptors (Lipinski definition) is 5. The lowest BCUT2D eigenvalue weighted by atomic mass is 9.95. The largest absolute Gasteiger partial charge is 0.504 e. The van der Waals surface area contributed by atoms with Crippen molar-refractivity contribution < 1.29 is 24.2 Å². The van der Waals surface area contributed by atoms with Crippen molar-refractivity contribution in [3.05, 3.63) is 35.0 Å². The van der Waals surface area contributed by atoms with E-state index in [0.29, 0.717) is 16.8 Å². The van der Waals surface area contributed by atoms with Gasteiger partial charge in [0.05, 0.1) is 24.8 Å². The van der Waals surface area contributed by atoms with E-state index in [9.17, 15) is 14.7 Å². The lowest BCUT2D eigenvalue weighted by Gasteiger charge is -2.28. The van der Waals surface area contributed by atoms with Crippen LogP contribution in [0.1, 0.15) is 32.4 Å². The summed E-state index contributed by atoms with van der Waals surface area (Å²) in [6, 6.07) is 3.53. The number of esters is 1. The summed E-state index contributed by atoms with van der Waals surface area (Å²) in [6.07, 6.45) is -0.282. The molecule has 1 heterocycles. The molecule has 0 fully saturated rings. The lowest BCUT2D eigenvalue weighted by molar-refractivity contribution is -0.143. The van der Waals surface area contributed by atoms with Gasteiger partial charge >= 0.3 is 12.0 Å². The Morgan fingerprint density at radius 3 is 2.65 bits per heavy atom. The van der Waals surface area contributed by atoms with Gasteiger partial charge in [-0.3, -0.25) is 0 Å². The minimum absolute atomic E-state index is 0.0245. The minimum Gasteiger partial charge on any atom is -0.504 e. The van der Waals surface area contributed by atoms with E-state index in [4.69, 9.17) is 9.47 Å². The molecular weight excluding hydrogens is 300 g/mol. The molecule has 0 saturated heterocycles. The fourth-order valence-electron chi connectivity index (χ4n) is 2.37. The van der Waals surface area contributed by atoms with Gasteiger partial charge in [0.15, 0.2) is 11.5 Å². The summed E-state index contributed by atoms with van der Waals surface area (Å²) in [5.41, 5.74) is 1.34. The van der Waals surface area contributed by atoms with Crippen LogP contribution in [0.5, 0.6) is 11.5 Å². The van der Waals surface area contributed by atoms with E-state index in [1.54, 1.807) is 32.9 Å². The van der Waals surface area contributed by atoms with Gasteiger partial charge in [-0.15, -0.1) is 0 Å². The third-order valence-corrected chi connectivity index (χ3v) is 3.37. The van der Waals surface area contributed by atoms with Crippen molar-refractivity contribution in [1.82, 2.24) is 10.6 Å². The molecule has 3 N–H and O–H groups in total. The number of amides is 2. The standard InChI is InChI=1S/C16H20N2O5/c1-8(2)23-15(20)13-9(3)17-16(21)18-14(13)10-5-6-11(19)12(7-10)22-4/h5-8,14,19H,1-4H3,(H2,17,18,21). The topological polar surface area (TPSA) is 96.9 Å². The zero-order chi connectivity index (χ0) is 17.1. The average Bonchev–Trinajstić information content (AvgIpc) is 2.45. The van der Waals surface area contributed by atoms with Crippen molar-refractivity contribution in [2.75, 3.05) is 7.11 Å². The highest BCUT2D eigenvalue weighted by Gasteiger charge is 2.33.